The van der Waals surface area contributed by atoms with E-state index in [1.807, 2.05) is 35.7 Å². The summed E-state index contributed by atoms with van der Waals surface area (Å²) in [4.78, 5) is 33.2. The van der Waals surface area contributed by atoms with Crippen LogP contribution in [0.2, 0.25) is 0 Å². The van der Waals surface area contributed by atoms with E-state index in [-0.39, 0.29) is 17.4 Å². The van der Waals surface area contributed by atoms with Gasteiger partial charge < -0.3 is 15.0 Å². The fourth-order valence-corrected chi connectivity index (χ4v) is 4.86. The predicted octanol–water partition coefficient (Wildman–Crippen LogP) is 3.83. The molecule has 4 rings (SSSR count). The number of anilines is 1. The summed E-state index contributed by atoms with van der Waals surface area (Å²) < 4.78 is 7.65. The molecular formula is C24H30N4O3S. The molecule has 1 N–H and O–H groups in total. The monoisotopic (exact) mass is 454 g/mol. The van der Waals surface area contributed by atoms with Crippen molar-refractivity contribution in [1.29, 1.82) is 0 Å². The van der Waals surface area contributed by atoms with E-state index in [0.29, 0.717) is 46.6 Å². The summed E-state index contributed by atoms with van der Waals surface area (Å²) in [5.41, 5.74) is 1.30. The third-order valence-corrected chi connectivity index (χ3v) is 6.76. The zero-order valence-corrected chi connectivity index (χ0v) is 19.7. The second-order valence-electron chi connectivity index (χ2n) is 8.65. The fraction of sp³-hybridized carbons (Fsp3) is 0.458. The Labute approximate surface area is 192 Å². The standard InChI is InChI=1S/C24H30N4O3S/c1-16(2)9-11-25-22(29)17-6-5-12-27(15-17)24-26-20-10-13-32-21(20)23(30)28(24)18-7-4-8-19(14-18)31-3/h4,7-8,10,13-14,16-17H,5-6,9,11-12,15H2,1-3H3,(H,25,29)/t17-/m1/s1. The molecule has 1 fully saturated rings. The summed E-state index contributed by atoms with van der Waals surface area (Å²) in [6, 6.07) is 9.31. The zero-order chi connectivity index (χ0) is 22.7. The highest BCUT2D eigenvalue weighted by atomic mass is 32.1. The number of ether oxygens (including phenoxy) is 1. The Hall–Kier alpha value is -2.87. The van der Waals surface area contributed by atoms with E-state index in [1.165, 1.54) is 11.3 Å². The summed E-state index contributed by atoms with van der Waals surface area (Å²) in [5, 5.41) is 4.97. The Morgan fingerprint density at radius 2 is 2.19 bits per heavy atom. The predicted molar refractivity (Wildman–Crippen MR) is 129 cm³/mol. The van der Waals surface area contributed by atoms with Crippen molar-refractivity contribution >= 4 is 33.4 Å². The van der Waals surface area contributed by atoms with Crippen LogP contribution < -0.4 is 20.5 Å². The molecule has 1 amide bonds. The number of aromatic nitrogens is 2. The van der Waals surface area contributed by atoms with Gasteiger partial charge in [0.1, 0.15) is 10.4 Å². The van der Waals surface area contributed by atoms with E-state index >= 15 is 0 Å². The number of carbonyl (C=O) groups is 1. The van der Waals surface area contributed by atoms with Gasteiger partial charge in [0.15, 0.2) is 0 Å². The molecule has 0 aliphatic carbocycles. The first-order valence-corrected chi connectivity index (χ1v) is 12.0. The highest BCUT2D eigenvalue weighted by Gasteiger charge is 2.29. The topological polar surface area (TPSA) is 76.5 Å². The van der Waals surface area contributed by atoms with Gasteiger partial charge in [0.05, 0.1) is 24.2 Å². The van der Waals surface area contributed by atoms with Gasteiger partial charge >= 0.3 is 0 Å². The fourth-order valence-electron chi connectivity index (χ4n) is 4.10. The van der Waals surface area contributed by atoms with Crippen molar-refractivity contribution < 1.29 is 9.53 Å². The van der Waals surface area contributed by atoms with E-state index < -0.39 is 0 Å². The van der Waals surface area contributed by atoms with Gasteiger partial charge in [-0.25, -0.2) is 9.55 Å². The maximum absolute atomic E-state index is 13.5. The highest BCUT2D eigenvalue weighted by molar-refractivity contribution is 7.17. The van der Waals surface area contributed by atoms with Crippen LogP contribution in [0, 0.1) is 11.8 Å². The summed E-state index contributed by atoms with van der Waals surface area (Å²) in [5.74, 6) is 1.77. The van der Waals surface area contributed by atoms with Crippen LogP contribution in [0.4, 0.5) is 5.95 Å². The number of nitrogens with zero attached hydrogens (tertiary/aromatic N) is 3. The lowest BCUT2D eigenvalue weighted by molar-refractivity contribution is -0.125. The third kappa shape index (κ3) is 4.65. The van der Waals surface area contributed by atoms with Crippen LogP contribution in [-0.4, -0.2) is 42.2 Å². The zero-order valence-electron chi connectivity index (χ0n) is 18.8. The number of amides is 1. The van der Waals surface area contributed by atoms with E-state index in [0.717, 1.165) is 25.8 Å². The van der Waals surface area contributed by atoms with Gasteiger partial charge in [-0.2, -0.15) is 0 Å². The normalized spacial score (nSPS) is 16.5. The SMILES string of the molecule is COc1cccc(-n2c(N3CCC[C@@H](C(=O)NCCC(C)C)C3)nc3ccsc3c2=O)c1. The maximum Gasteiger partial charge on any atom is 0.277 e. The quantitative estimate of drug-likeness (QED) is 0.587. The number of rotatable bonds is 7. The van der Waals surface area contributed by atoms with Crippen molar-refractivity contribution in [3.8, 4) is 11.4 Å². The Morgan fingerprint density at radius 3 is 2.97 bits per heavy atom. The number of thiophene rings is 1. The van der Waals surface area contributed by atoms with Gasteiger partial charge in [0.2, 0.25) is 11.9 Å². The Morgan fingerprint density at radius 1 is 1.34 bits per heavy atom. The number of hydrogen-bond acceptors (Lipinski definition) is 6. The first-order chi connectivity index (χ1) is 15.5. The number of piperidine rings is 1. The average Bonchev–Trinajstić information content (AvgIpc) is 3.28. The van der Waals surface area contributed by atoms with Crippen LogP contribution in [0.25, 0.3) is 15.9 Å². The molecule has 0 bridgehead atoms. The van der Waals surface area contributed by atoms with Crippen LogP contribution in [0.3, 0.4) is 0 Å². The highest BCUT2D eigenvalue weighted by Crippen LogP contribution is 2.27. The molecule has 1 aliphatic rings. The van der Waals surface area contributed by atoms with Crippen LogP contribution in [0.1, 0.15) is 33.1 Å². The van der Waals surface area contributed by atoms with Crippen molar-refractivity contribution in [2.45, 2.75) is 33.1 Å². The number of nitrogens with one attached hydrogen (secondary N) is 1. The molecule has 0 unspecified atom stereocenters. The molecule has 0 radical (unpaired) electrons. The maximum atomic E-state index is 13.5. The van der Waals surface area contributed by atoms with E-state index in [4.69, 9.17) is 9.72 Å². The molecule has 32 heavy (non-hydrogen) atoms. The van der Waals surface area contributed by atoms with Crippen LogP contribution in [0.15, 0.2) is 40.5 Å². The number of benzene rings is 1. The van der Waals surface area contributed by atoms with Crippen molar-refractivity contribution in [3.63, 3.8) is 0 Å². The molecule has 7 nitrogen and oxygen atoms in total. The summed E-state index contributed by atoms with van der Waals surface area (Å²) >= 11 is 1.40. The number of fused-ring (bicyclic) bond motifs is 1. The van der Waals surface area contributed by atoms with E-state index in [9.17, 15) is 9.59 Å². The molecule has 8 heteroatoms. The van der Waals surface area contributed by atoms with Crippen molar-refractivity contribution in [2.24, 2.45) is 11.8 Å². The lowest BCUT2D eigenvalue weighted by Gasteiger charge is -2.34. The van der Waals surface area contributed by atoms with Crippen LogP contribution >= 0.6 is 11.3 Å². The lowest BCUT2D eigenvalue weighted by Crippen LogP contribution is -2.45. The smallest absolute Gasteiger partial charge is 0.277 e. The van der Waals surface area contributed by atoms with Crippen molar-refractivity contribution in [2.75, 3.05) is 31.6 Å². The number of hydrogen-bond donors (Lipinski definition) is 1. The number of carbonyl (C=O) groups excluding carboxylic acids is 1. The molecule has 0 saturated carbocycles. The van der Waals surface area contributed by atoms with Crippen molar-refractivity contribution in [3.05, 3.63) is 46.1 Å². The molecular weight excluding hydrogens is 424 g/mol. The van der Waals surface area contributed by atoms with Gasteiger partial charge in [-0.15, -0.1) is 11.3 Å². The molecule has 3 aromatic rings. The van der Waals surface area contributed by atoms with Gasteiger partial charge in [-0.1, -0.05) is 19.9 Å². The average molecular weight is 455 g/mol. The second-order valence-corrected chi connectivity index (χ2v) is 9.56. The molecule has 0 spiro atoms. The molecule has 170 valence electrons. The van der Waals surface area contributed by atoms with Gasteiger partial charge in [0.25, 0.3) is 5.56 Å². The van der Waals surface area contributed by atoms with Gasteiger partial charge in [0, 0.05) is 25.7 Å². The summed E-state index contributed by atoms with van der Waals surface area (Å²) in [7, 11) is 1.61. The first kappa shape index (κ1) is 22.3. The van der Waals surface area contributed by atoms with Crippen LogP contribution in [0.5, 0.6) is 5.75 Å². The molecule has 1 aliphatic heterocycles. The van der Waals surface area contributed by atoms with Crippen molar-refractivity contribution in [1.82, 2.24) is 14.9 Å². The molecule has 1 atom stereocenters. The summed E-state index contributed by atoms with van der Waals surface area (Å²) in [6.45, 7) is 6.29. The third-order valence-electron chi connectivity index (χ3n) is 5.87. The molecule has 3 heterocycles. The van der Waals surface area contributed by atoms with E-state index in [1.54, 1.807) is 11.7 Å². The van der Waals surface area contributed by atoms with Gasteiger partial charge in [-0.3, -0.25) is 9.59 Å². The molecule has 1 aromatic carbocycles. The minimum atomic E-state index is -0.121. The first-order valence-electron chi connectivity index (χ1n) is 11.1. The Balaban J connectivity index is 1.68. The Kier molecular flexibility index (Phi) is 6.79. The second kappa shape index (κ2) is 9.73. The van der Waals surface area contributed by atoms with E-state index in [2.05, 4.69) is 24.1 Å². The minimum Gasteiger partial charge on any atom is -0.497 e. The lowest BCUT2D eigenvalue weighted by atomic mass is 9.97. The molecule has 2 aromatic heterocycles. The largest absolute Gasteiger partial charge is 0.497 e. The Bertz CT molecular complexity index is 1150. The number of methoxy groups -OCH3 is 1. The summed E-state index contributed by atoms with van der Waals surface area (Å²) in [6.07, 6.45) is 2.68. The van der Waals surface area contributed by atoms with Crippen LogP contribution in [-0.2, 0) is 4.79 Å². The van der Waals surface area contributed by atoms with Gasteiger partial charge in [-0.05, 0) is 48.8 Å². The minimum absolute atomic E-state index is 0.0854. The molecule has 1 saturated heterocycles.